The van der Waals surface area contributed by atoms with Crippen LogP contribution < -0.4 is 10.5 Å². The third kappa shape index (κ3) is 1.58. The fourth-order valence-corrected chi connectivity index (χ4v) is 2.01. The lowest BCUT2D eigenvalue weighted by atomic mass is 9.95. The summed E-state index contributed by atoms with van der Waals surface area (Å²) in [5.74, 6) is 0.750. The van der Waals surface area contributed by atoms with Gasteiger partial charge in [0.1, 0.15) is 11.4 Å². The van der Waals surface area contributed by atoms with Crippen molar-refractivity contribution in [2.24, 2.45) is 0 Å². The third-order valence-electron chi connectivity index (χ3n) is 2.65. The molecule has 3 nitrogen and oxygen atoms in total. The van der Waals surface area contributed by atoms with Gasteiger partial charge in [-0.2, -0.15) is 0 Å². The summed E-state index contributed by atoms with van der Waals surface area (Å²) in [6.45, 7) is 5.56. The third-order valence-corrected chi connectivity index (χ3v) is 2.65. The van der Waals surface area contributed by atoms with Crippen molar-refractivity contribution in [1.29, 1.82) is 0 Å². The SMILES string of the molecule is CC(=O)c1ccc(N)c2c1CC(C)(C)O2. The van der Waals surface area contributed by atoms with Crippen LogP contribution in [0.1, 0.15) is 36.7 Å². The van der Waals surface area contributed by atoms with E-state index in [1.54, 1.807) is 19.1 Å². The number of hydrogen-bond donors (Lipinski definition) is 1. The Morgan fingerprint density at radius 3 is 2.73 bits per heavy atom. The van der Waals surface area contributed by atoms with Crippen molar-refractivity contribution in [2.45, 2.75) is 32.8 Å². The van der Waals surface area contributed by atoms with Crippen LogP contribution in [0.5, 0.6) is 5.75 Å². The molecule has 1 heterocycles. The summed E-state index contributed by atoms with van der Waals surface area (Å²) in [6, 6.07) is 3.51. The van der Waals surface area contributed by atoms with Crippen molar-refractivity contribution in [3.05, 3.63) is 23.3 Å². The number of hydrogen-bond acceptors (Lipinski definition) is 3. The standard InChI is InChI=1S/C12H15NO2/c1-7(14)8-4-5-10(13)11-9(8)6-12(2,3)15-11/h4-5H,6,13H2,1-3H3. The van der Waals surface area contributed by atoms with Gasteiger partial charge in [0.25, 0.3) is 0 Å². The fourth-order valence-electron chi connectivity index (χ4n) is 2.01. The number of rotatable bonds is 1. The number of ketones is 1. The van der Waals surface area contributed by atoms with E-state index in [9.17, 15) is 4.79 Å². The van der Waals surface area contributed by atoms with Gasteiger partial charge < -0.3 is 10.5 Å². The molecule has 0 amide bonds. The minimum atomic E-state index is -0.262. The molecule has 80 valence electrons. The van der Waals surface area contributed by atoms with Crippen LogP contribution in [0.2, 0.25) is 0 Å². The number of fused-ring (bicyclic) bond motifs is 1. The molecular formula is C12H15NO2. The molecule has 0 saturated heterocycles. The first-order valence-electron chi connectivity index (χ1n) is 5.02. The topological polar surface area (TPSA) is 52.3 Å². The van der Waals surface area contributed by atoms with Gasteiger partial charge >= 0.3 is 0 Å². The molecule has 0 saturated carbocycles. The highest BCUT2D eigenvalue weighted by molar-refractivity contribution is 5.97. The molecule has 0 fully saturated rings. The van der Waals surface area contributed by atoms with Gasteiger partial charge in [0.15, 0.2) is 5.78 Å². The Balaban J connectivity index is 2.60. The predicted octanol–water partition coefficient (Wildman–Crippen LogP) is 2.18. The quantitative estimate of drug-likeness (QED) is 0.564. The first kappa shape index (κ1) is 10.0. The minimum Gasteiger partial charge on any atom is -0.485 e. The maximum absolute atomic E-state index is 11.4. The number of benzene rings is 1. The molecule has 1 aliphatic rings. The predicted molar refractivity (Wildman–Crippen MR) is 59.3 cm³/mol. The smallest absolute Gasteiger partial charge is 0.160 e. The average Bonchev–Trinajstić information content (AvgIpc) is 2.41. The van der Waals surface area contributed by atoms with Crippen molar-refractivity contribution in [2.75, 3.05) is 5.73 Å². The molecule has 0 aromatic heterocycles. The van der Waals surface area contributed by atoms with E-state index in [1.165, 1.54) is 0 Å². The number of anilines is 1. The molecule has 0 atom stereocenters. The average molecular weight is 205 g/mol. The van der Waals surface area contributed by atoms with Crippen LogP contribution in [0.4, 0.5) is 5.69 Å². The second-order valence-corrected chi connectivity index (χ2v) is 4.60. The summed E-state index contributed by atoms with van der Waals surface area (Å²) in [5.41, 5.74) is 7.85. The Bertz CT molecular complexity index is 435. The molecule has 0 spiro atoms. The molecule has 1 aromatic carbocycles. The van der Waals surface area contributed by atoms with E-state index in [-0.39, 0.29) is 11.4 Å². The molecule has 0 bridgehead atoms. The van der Waals surface area contributed by atoms with Gasteiger partial charge in [-0.05, 0) is 32.9 Å². The molecule has 0 radical (unpaired) electrons. The summed E-state index contributed by atoms with van der Waals surface area (Å²) in [5, 5.41) is 0. The van der Waals surface area contributed by atoms with E-state index in [2.05, 4.69) is 0 Å². The zero-order chi connectivity index (χ0) is 11.2. The van der Waals surface area contributed by atoms with E-state index < -0.39 is 0 Å². The Kier molecular flexibility index (Phi) is 2.00. The van der Waals surface area contributed by atoms with Crippen LogP contribution in [-0.4, -0.2) is 11.4 Å². The molecule has 3 heteroatoms. The van der Waals surface area contributed by atoms with Crippen LogP contribution in [-0.2, 0) is 6.42 Å². The monoisotopic (exact) mass is 205 g/mol. The number of carbonyl (C=O) groups is 1. The fraction of sp³-hybridized carbons (Fsp3) is 0.417. The van der Waals surface area contributed by atoms with Crippen LogP contribution >= 0.6 is 0 Å². The van der Waals surface area contributed by atoms with Gasteiger partial charge in [-0.15, -0.1) is 0 Å². The second kappa shape index (κ2) is 2.99. The molecule has 15 heavy (non-hydrogen) atoms. The summed E-state index contributed by atoms with van der Waals surface area (Å²) >= 11 is 0. The number of Topliss-reactive ketones (excluding diaryl/α,β-unsaturated/α-hetero) is 1. The van der Waals surface area contributed by atoms with Crippen molar-refractivity contribution in [3.8, 4) is 5.75 Å². The summed E-state index contributed by atoms with van der Waals surface area (Å²) in [7, 11) is 0. The maximum atomic E-state index is 11.4. The van der Waals surface area contributed by atoms with Gasteiger partial charge in [-0.1, -0.05) is 0 Å². The summed E-state index contributed by atoms with van der Waals surface area (Å²) in [6.07, 6.45) is 0.738. The van der Waals surface area contributed by atoms with E-state index in [0.29, 0.717) is 11.4 Å². The first-order valence-corrected chi connectivity index (χ1v) is 5.02. The van der Waals surface area contributed by atoms with E-state index in [1.807, 2.05) is 13.8 Å². The molecular weight excluding hydrogens is 190 g/mol. The lowest BCUT2D eigenvalue weighted by Gasteiger charge is -2.17. The van der Waals surface area contributed by atoms with Crippen molar-refractivity contribution in [1.82, 2.24) is 0 Å². The van der Waals surface area contributed by atoms with Crippen LogP contribution in [0.25, 0.3) is 0 Å². The van der Waals surface area contributed by atoms with Crippen LogP contribution in [0.15, 0.2) is 12.1 Å². The molecule has 0 aliphatic carbocycles. The van der Waals surface area contributed by atoms with Crippen LogP contribution in [0.3, 0.4) is 0 Å². The van der Waals surface area contributed by atoms with Crippen molar-refractivity contribution >= 4 is 11.5 Å². The number of nitrogens with two attached hydrogens (primary N) is 1. The number of nitrogen functional groups attached to an aromatic ring is 1. The van der Waals surface area contributed by atoms with E-state index in [0.717, 1.165) is 17.5 Å². The number of carbonyl (C=O) groups excluding carboxylic acids is 1. The molecule has 0 unspecified atom stereocenters. The Labute approximate surface area is 89.2 Å². The summed E-state index contributed by atoms with van der Waals surface area (Å²) in [4.78, 5) is 11.4. The van der Waals surface area contributed by atoms with Crippen molar-refractivity contribution in [3.63, 3.8) is 0 Å². The molecule has 2 rings (SSSR count). The lowest BCUT2D eigenvalue weighted by Crippen LogP contribution is -2.25. The first-order chi connectivity index (χ1) is 6.91. The molecule has 2 N–H and O–H groups in total. The van der Waals surface area contributed by atoms with Gasteiger partial charge in [0.2, 0.25) is 0 Å². The van der Waals surface area contributed by atoms with Gasteiger partial charge in [-0.3, -0.25) is 4.79 Å². The number of ether oxygens (including phenoxy) is 1. The van der Waals surface area contributed by atoms with Gasteiger partial charge in [-0.25, -0.2) is 0 Å². The highest BCUT2D eigenvalue weighted by atomic mass is 16.5. The molecule has 1 aromatic rings. The van der Waals surface area contributed by atoms with Gasteiger partial charge in [0.05, 0.1) is 5.69 Å². The zero-order valence-electron chi connectivity index (χ0n) is 9.26. The largest absolute Gasteiger partial charge is 0.485 e. The van der Waals surface area contributed by atoms with E-state index >= 15 is 0 Å². The van der Waals surface area contributed by atoms with E-state index in [4.69, 9.17) is 10.5 Å². The highest BCUT2D eigenvalue weighted by Crippen LogP contribution is 2.41. The highest BCUT2D eigenvalue weighted by Gasteiger charge is 2.33. The normalized spacial score (nSPS) is 17.0. The minimum absolute atomic E-state index is 0.0625. The second-order valence-electron chi connectivity index (χ2n) is 4.60. The lowest BCUT2D eigenvalue weighted by molar-refractivity contribution is 0.101. The zero-order valence-corrected chi connectivity index (χ0v) is 9.26. The Morgan fingerprint density at radius 1 is 1.47 bits per heavy atom. The summed E-state index contributed by atoms with van der Waals surface area (Å²) < 4.78 is 5.74. The van der Waals surface area contributed by atoms with Crippen LogP contribution in [0, 0.1) is 0 Å². The Morgan fingerprint density at radius 2 is 2.13 bits per heavy atom. The molecule has 1 aliphatic heterocycles. The maximum Gasteiger partial charge on any atom is 0.160 e. The van der Waals surface area contributed by atoms with Crippen molar-refractivity contribution < 1.29 is 9.53 Å². The Hall–Kier alpha value is -1.51. The van der Waals surface area contributed by atoms with Gasteiger partial charge in [0, 0.05) is 17.5 Å².